The van der Waals surface area contributed by atoms with Gasteiger partial charge in [-0.15, -0.1) is 11.3 Å². The molecule has 0 saturated heterocycles. The zero-order valence-electron chi connectivity index (χ0n) is 21.8. The fourth-order valence-corrected chi connectivity index (χ4v) is 7.24. The van der Waals surface area contributed by atoms with Crippen molar-refractivity contribution < 1.29 is 14.3 Å². The number of benzene rings is 2. The van der Waals surface area contributed by atoms with Crippen LogP contribution in [-0.4, -0.2) is 36.3 Å². The lowest BCUT2D eigenvalue weighted by atomic mass is 9.97. The summed E-state index contributed by atoms with van der Waals surface area (Å²) < 4.78 is 12.5. The molecule has 7 nitrogen and oxygen atoms in total. The highest BCUT2D eigenvalue weighted by Gasteiger charge is 2.28. The van der Waals surface area contributed by atoms with E-state index in [0.29, 0.717) is 29.7 Å². The number of carbonyl (C=O) groups excluding carboxylic acids is 1. The number of aromatic nitrogens is 2. The Labute approximate surface area is 230 Å². The second-order valence-electron chi connectivity index (χ2n) is 9.34. The molecule has 0 unspecified atom stereocenters. The van der Waals surface area contributed by atoms with Crippen molar-refractivity contribution in [3.63, 3.8) is 0 Å². The van der Waals surface area contributed by atoms with Crippen molar-refractivity contribution in [1.82, 2.24) is 9.55 Å². The molecule has 0 fully saturated rings. The number of aryl methyl sites for hydroxylation is 3. The third kappa shape index (κ3) is 5.36. The van der Waals surface area contributed by atoms with Crippen LogP contribution in [0.4, 0.5) is 5.69 Å². The van der Waals surface area contributed by atoms with Crippen molar-refractivity contribution in [2.45, 2.75) is 49.6 Å². The summed E-state index contributed by atoms with van der Waals surface area (Å²) in [6, 6.07) is 15.2. The van der Waals surface area contributed by atoms with E-state index in [0.717, 1.165) is 52.6 Å². The summed E-state index contributed by atoms with van der Waals surface area (Å²) in [6.45, 7) is 2.70. The van der Waals surface area contributed by atoms with Crippen LogP contribution in [0.1, 0.15) is 39.7 Å². The standard InChI is InChI=1S/C29H31N3O4S2/c1-18-13-14-22(36-3)21(17-18)30-26(33)25(19-9-5-4-6-10-19)38-29-31-27-24(28(34)32(29)15-16-35-2)20-11-7-8-12-23(20)37-27/h4-6,9-10,13-14,17,25H,7-8,11-12,15-16H2,1-3H3,(H,30,33)/t25-/m1/s1. The fourth-order valence-electron chi connectivity index (χ4n) is 4.81. The lowest BCUT2D eigenvalue weighted by Crippen LogP contribution is -2.27. The first kappa shape index (κ1) is 26.5. The Morgan fingerprint density at radius 1 is 1.16 bits per heavy atom. The molecule has 0 saturated carbocycles. The van der Waals surface area contributed by atoms with Crippen LogP contribution in [0.2, 0.25) is 0 Å². The fraction of sp³-hybridized carbons (Fsp3) is 0.345. The van der Waals surface area contributed by atoms with Gasteiger partial charge in [0.25, 0.3) is 5.56 Å². The number of nitrogens with one attached hydrogen (secondary N) is 1. The number of nitrogens with zero attached hydrogens (tertiary/aromatic N) is 2. The number of ether oxygens (including phenoxy) is 2. The van der Waals surface area contributed by atoms with Gasteiger partial charge in [0, 0.05) is 12.0 Å². The van der Waals surface area contributed by atoms with E-state index in [1.165, 1.54) is 16.6 Å². The molecule has 198 valence electrons. The Morgan fingerprint density at radius 2 is 1.95 bits per heavy atom. The molecule has 0 spiro atoms. The van der Waals surface area contributed by atoms with Crippen molar-refractivity contribution in [3.05, 3.63) is 80.5 Å². The monoisotopic (exact) mass is 549 g/mol. The van der Waals surface area contributed by atoms with Crippen molar-refractivity contribution in [2.24, 2.45) is 0 Å². The van der Waals surface area contributed by atoms with Gasteiger partial charge in [-0.25, -0.2) is 4.98 Å². The van der Waals surface area contributed by atoms with Gasteiger partial charge in [-0.3, -0.25) is 14.2 Å². The summed E-state index contributed by atoms with van der Waals surface area (Å²) in [5, 5.41) is 3.65. The van der Waals surface area contributed by atoms with Crippen LogP contribution < -0.4 is 15.6 Å². The summed E-state index contributed by atoms with van der Waals surface area (Å²) in [5.41, 5.74) is 3.53. The lowest BCUT2D eigenvalue weighted by molar-refractivity contribution is -0.115. The molecule has 2 aromatic heterocycles. The normalized spacial score (nSPS) is 13.8. The minimum atomic E-state index is -0.644. The van der Waals surface area contributed by atoms with Gasteiger partial charge in [-0.1, -0.05) is 48.2 Å². The largest absolute Gasteiger partial charge is 0.495 e. The molecular weight excluding hydrogens is 518 g/mol. The van der Waals surface area contributed by atoms with Crippen molar-refractivity contribution in [2.75, 3.05) is 26.1 Å². The van der Waals surface area contributed by atoms with E-state index < -0.39 is 5.25 Å². The highest BCUT2D eigenvalue weighted by molar-refractivity contribution is 8.00. The molecule has 0 aliphatic heterocycles. The number of thiophene rings is 1. The second kappa shape index (κ2) is 11.7. The van der Waals surface area contributed by atoms with Crippen molar-refractivity contribution in [3.8, 4) is 5.75 Å². The summed E-state index contributed by atoms with van der Waals surface area (Å²) in [7, 11) is 3.20. The first-order valence-electron chi connectivity index (χ1n) is 12.7. The van der Waals surface area contributed by atoms with Crippen LogP contribution in [-0.2, 0) is 28.9 Å². The van der Waals surface area contributed by atoms with Gasteiger partial charge >= 0.3 is 0 Å². The Bertz CT molecular complexity index is 1510. The number of carbonyl (C=O) groups is 1. The number of hydrogen-bond acceptors (Lipinski definition) is 7. The molecule has 0 bridgehead atoms. The van der Waals surface area contributed by atoms with Gasteiger partial charge in [0.15, 0.2) is 5.16 Å². The van der Waals surface area contributed by atoms with E-state index in [4.69, 9.17) is 14.5 Å². The predicted octanol–water partition coefficient (Wildman–Crippen LogP) is 5.77. The number of fused-ring (bicyclic) bond motifs is 3. The topological polar surface area (TPSA) is 82.4 Å². The Balaban J connectivity index is 1.58. The lowest BCUT2D eigenvalue weighted by Gasteiger charge is -2.20. The molecule has 4 aromatic rings. The zero-order valence-corrected chi connectivity index (χ0v) is 23.4. The van der Waals surface area contributed by atoms with Crippen LogP contribution >= 0.6 is 23.1 Å². The average molecular weight is 550 g/mol. The molecule has 1 atom stereocenters. The smallest absolute Gasteiger partial charge is 0.263 e. The molecular formula is C29H31N3O4S2. The predicted molar refractivity (Wildman–Crippen MR) is 154 cm³/mol. The molecule has 1 aliphatic rings. The van der Waals surface area contributed by atoms with Crippen LogP contribution in [0.3, 0.4) is 0 Å². The molecule has 2 heterocycles. The van der Waals surface area contributed by atoms with E-state index in [9.17, 15) is 9.59 Å². The molecule has 5 rings (SSSR count). The molecule has 0 radical (unpaired) electrons. The van der Waals surface area contributed by atoms with E-state index >= 15 is 0 Å². The molecule has 1 aliphatic carbocycles. The number of thioether (sulfide) groups is 1. The highest BCUT2D eigenvalue weighted by atomic mass is 32.2. The van der Waals surface area contributed by atoms with Gasteiger partial charge in [-0.2, -0.15) is 0 Å². The average Bonchev–Trinajstić information content (AvgIpc) is 3.30. The van der Waals surface area contributed by atoms with Gasteiger partial charge in [-0.05, 0) is 61.4 Å². The zero-order chi connectivity index (χ0) is 26.6. The maximum absolute atomic E-state index is 13.8. The van der Waals surface area contributed by atoms with Crippen LogP contribution in [0.5, 0.6) is 5.75 Å². The highest BCUT2D eigenvalue weighted by Crippen LogP contribution is 2.39. The quantitative estimate of drug-likeness (QED) is 0.211. The van der Waals surface area contributed by atoms with Crippen LogP contribution in [0.15, 0.2) is 58.5 Å². The van der Waals surface area contributed by atoms with Gasteiger partial charge < -0.3 is 14.8 Å². The maximum Gasteiger partial charge on any atom is 0.263 e. The van der Waals surface area contributed by atoms with Gasteiger partial charge in [0.05, 0.1) is 31.3 Å². The Morgan fingerprint density at radius 3 is 2.71 bits per heavy atom. The summed E-state index contributed by atoms with van der Waals surface area (Å²) in [4.78, 5) is 34.6. The summed E-state index contributed by atoms with van der Waals surface area (Å²) in [5.74, 6) is 0.365. The number of anilines is 1. The van der Waals surface area contributed by atoms with Crippen molar-refractivity contribution in [1.29, 1.82) is 0 Å². The van der Waals surface area contributed by atoms with E-state index in [1.54, 1.807) is 30.1 Å². The second-order valence-corrected chi connectivity index (χ2v) is 11.5. The Kier molecular flexibility index (Phi) is 8.16. The minimum Gasteiger partial charge on any atom is -0.495 e. The third-order valence-electron chi connectivity index (χ3n) is 6.74. The van der Waals surface area contributed by atoms with Gasteiger partial charge in [0.2, 0.25) is 5.91 Å². The van der Waals surface area contributed by atoms with Crippen LogP contribution in [0.25, 0.3) is 10.2 Å². The third-order valence-corrected chi connectivity index (χ3v) is 9.17. The van der Waals surface area contributed by atoms with E-state index in [1.807, 2.05) is 55.5 Å². The number of hydrogen-bond donors (Lipinski definition) is 1. The summed E-state index contributed by atoms with van der Waals surface area (Å²) >= 11 is 2.90. The molecule has 1 N–H and O–H groups in total. The van der Waals surface area contributed by atoms with E-state index in [2.05, 4.69) is 5.32 Å². The molecule has 2 aromatic carbocycles. The number of methoxy groups -OCH3 is 2. The molecule has 38 heavy (non-hydrogen) atoms. The van der Waals surface area contributed by atoms with Crippen molar-refractivity contribution >= 4 is 44.9 Å². The SMILES string of the molecule is COCCn1c(S[C@@H](C(=O)Nc2cc(C)ccc2OC)c2ccccc2)nc2sc3c(c2c1=O)CCCC3. The molecule has 9 heteroatoms. The number of amides is 1. The van der Waals surface area contributed by atoms with E-state index in [-0.39, 0.29) is 11.5 Å². The molecule has 1 amide bonds. The van der Waals surface area contributed by atoms with Gasteiger partial charge in [0.1, 0.15) is 15.8 Å². The first-order chi connectivity index (χ1) is 18.5. The maximum atomic E-state index is 13.8. The minimum absolute atomic E-state index is 0.0541. The Hall–Kier alpha value is -3.14. The first-order valence-corrected chi connectivity index (χ1v) is 14.4. The van der Waals surface area contributed by atoms with Crippen LogP contribution in [0, 0.1) is 6.92 Å². The summed E-state index contributed by atoms with van der Waals surface area (Å²) in [6.07, 6.45) is 4.13. The number of rotatable bonds is 9.